The fourth-order valence-corrected chi connectivity index (χ4v) is 2.39. The molecule has 2 rings (SSSR count). The van der Waals surface area contributed by atoms with Crippen molar-refractivity contribution in [1.82, 2.24) is 0 Å². The minimum absolute atomic E-state index is 0.227. The first-order valence-electron chi connectivity index (χ1n) is 6.13. The van der Waals surface area contributed by atoms with E-state index in [2.05, 4.69) is 21.2 Å². The molecule has 0 atom stereocenters. The number of hydrogen-bond acceptors (Lipinski definition) is 2. The average Bonchev–Trinajstić information content (AvgIpc) is 2.38. The van der Waals surface area contributed by atoms with Crippen molar-refractivity contribution in [2.75, 3.05) is 11.1 Å². The van der Waals surface area contributed by atoms with Crippen molar-refractivity contribution >= 4 is 33.2 Å². The fourth-order valence-electron chi connectivity index (χ4n) is 1.99. The Balaban J connectivity index is 2.42. The second-order valence-corrected chi connectivity index (χ2v) is 5.59. The number of nitrogens with two attached hydrogens (primary N) is 1. The van der Waals surface area contributed by atoms with E-state index in [0.717, 1.165) is 17.7 Å². The molecule has 2 aromatic rings. The highest BCUT2D eigenvalue weighted by Gasteiger charge is 2.20. The standard InChI is InChI=1S/C15H13BrF2N2O/c1-7-3-4-12(19)8(2)14(7)20-15(21)13-10(17)5-9(16)6-11(13)18/h3-6H,19H2,1-2H3,(H,20,21). The lowest BCUT2D eigenvalue weighted by Gasteiger charge is -2.14. The fraction of sp³-hybridized carbons (Fsp3) is 0.133. The molecule has 0 bridgehead atoms. The zero-order valence-corrected chi connectivity index (χ0v) is 13.0. The number of carbonyl (C=O) groups is 1. The smallest absolute Gasteiger partial charge is 0.261 e. The van der Waals surface area contributed by atoms with Crippen molar-refractivity contribution in [3.8, 4) is 0 Å². The van der Waals surface area contributed by atoms with E-state index in [1.54, 1.807) is 26.0 Å². The highest BCUT2D eigenvalue weighted by molar-refractivity contribution is 9.10. The average molecular weight is 355 g/mol. The van der Waals surface area contributed by atoms with Gasteiger partial charge in [-0.25, -0.2) is 8.78 Å². The van der Waals surface area contributed by atoms with Crippen molar-refractivity contribution in [3.05, 3.63) is 57.1 Å². The highest BCUT2D eigenvalue weighted by Crippen LogP contribution is 2.27. The molecule has 110 valence electrons. The summed E-state index contributed by atoms with van der Waals surface area (Å²) < 4.78 is 27.8. The van der Waals surface area contributed by atoms with E-state index in [4.69, 9.17) is 5.73 Å². The number of carbonyl (C=O) groups excluding carboxylic acids is 1. The number of rotatable bonds is 2. The van der Waals surface area contributed by atoms with Gasteiger partial charge in [-0.05, 0) is 43.2 Å². The van der Waals surface area contributed by atoms with E-state index < -0.39 is 23.1 Å². The molecule has 0 heterocycles. The number of benzene rings is 2. The maximum Gasteiger partial charge on any atom is 0.261 e. The first-order valence-corrected chi connectivity index (χ1v) is 6.92. The van der Waals surface area contributed by atoms with Gasteiger partial charge in [0.25, 0.3) is 5.91 Å². The molecule has 21 heavy (non-hydrogen) atoms. The Bertz CT molecular complexity index is 709. The molecule has 0 spiro atoms. The lowest BCUT2D eigenvalue weighted by Crippen LogP contribution is -2.17. The number of hydrogen-bond donors (Lipinski definition) is 2. The Morgan fingerprint density at radius 1 is 1.19 bits per heavy atom. The molecule has 0 aromatic heterocycles. The number of aryl methyl sites for hydroxylation is 1. The number of amides is 1. The molecular weight excluding hydrogens is 342 g/mol. The van der Waals surface area contributed by atoms with E-state index in [9.17, 15) is 13.6 Å². The Labute approximate surface area is 129 Å². The van der Waals surface area contributed by atoms with Crippen LogP contribution in [0.1, 0.15) is 21.5 Å². The number of anilines is 2. The molecule has 1 amide bonds. The summed E-state index contributed by atoms with van der Waals surface area (Å²) in [5.74, 6) is -2.72. The molecule has 0 aliphatic rings. The number of nitrogen functional groups attached to an aromatic ring is 1. The van der Waals surface area contributed by atoms with Crippen LogP contribution in [0, 0.1) is 25.5 Å². The molecule has 3 N–H and O–H groups in total. The van der Waals surface area contributed by atoms with Crippen LogP contribution in [0.3, 0.4) is 0 Å². The minimum Gasteiger partial charge on any atom is -0.398 e. The van der Waals surface area contributed by atoms with Gasteiger partial charge in [0.1, 0.15) is 17.2 Å². The summed E-state index contributed by atoms with van der Waals surface area (Å²) in [6.07, 6.45) is 0. The Hall–Kier alpha value is -1.95. The van der Waals surface area contributed by atoms with E-state index in [0.29, 0.717) is 16.9 Å². The quantitative estimate of drug-likeness (QED) is 0.794. The lowest BCUT2D eigenvalue weighted by molar-refractivity contribution is 0.101. The van der Waals surface area contributed by atoms with Crippen LogP contribution in [0.4, 0.5) is 20.2 Å². The van der Waals surface area contributed by atoms with Gasteiger partial charge in [-0.3, -0.25) is 4.79 Å². The molecule has 2 aromatic carbocycles. The van der Waals surface area contributed by atoms with E-state index in [-0.39, 0.29) is 4.47 Å². The van der Waals surface area contributed by atoms with Gasteiger partial charge in [0.2, 0.25) is 0 Å². The van der Waals surface area contributed by atoms with Gasteiger partial charge < -0.3 is 11.1 Å². The molecule has 3 nitrogen and oxygen atoms in total. The molecule has 6 heteroatoms. The van der Waals surface area contributed by atoms with Crippen LogP contribution in [-0.2, 0) is 0 Å². The predicted octanol–water partition coefficient (Wildman–Crippen LogP) is 4.18. The Morgan fingerprint density at radius 2 is 1.76 bits per heavy atom. The predicted molar refractivity (Wildman–Crippen MR) is 82.3 cm³/mol. The molecule has 0 saturated carbocycles. The molecule has 0 fully saturated rings. The van der Waals surface area contributed by atoms with Gasteiger partial charge in [-0.15, -0.1) is 0 Å². The third-order valence-corrected chi connectivity index (χ3v) is 3.65. The van der Waals surface area contributed by atoms with Gasteiger partial charge in [0, 0.05) is 15.8 Å². The van der Waals surface area contributed by atoms with Gasteiger partial charge in [-0.2, -0.15) is 0 Å². The first-order chi connectivity index (χ1) is 9.81. The van der Waals surface area contributed by atoms with Gasteiger partial charge in [-0.1, -0.05) is 22.0 Å². The summed E-state index contributed by atoms with van der Waals surface area (Å²) in [6.45, 7) is 3.50. The topological polar surface area (TPSA) is 55.1 Å². The zero-order chi connectivity index (χ0) is 15.7. The van der Waals surface area contributed by atoms with E-state index >= 15 is 0 Å². The van der Waals surface area contributed by atoms with Gasteiger partial charge in [0.15, 0.2) is 0 Å². The second kappa shape index (κ2) is 5.81. The van der Waals surface area contributed by atoms with Crippen molar-refractivity contribution in [1.29, 1.82) is 0 Å². The summed E-state index contributed by atoms with van der Waals surface area (Å²) in [5.41, 5.74) is 7.52. The Morgan fingerprint density at radius 3 is 2.33 bits per heavy atom. The summed E-state index contributed by atoms with van der Waals surface area (Å²) in [5, 5.41) is 2.52. The highest BCUT2D eigenvalue weighted by atomic mass is 79.9. The summed E-state index contributed by atoms with van der Waals surface area (Å²) >= 11 is 2.97. The molecule has 0 radical (unpaired) electrons. The van der Waals surface area contributed by atoms with Crippen molar-refractivity contribution < 1.29 is 13.6 Å². The molecule has 0 saturated heterocycles. The summed E-state index contributed by atoms with van der Waals surface area (Å²) in [6, 6.07) is 5.52. The van der Waals surface area contributed by atoms with Crippen LogP contribution in [-0.4, -0.2) is 5.91 Å². The Kier molecular flexibility index (Phi) is 4.27. The lowest BCUT2D eigenvalue weighted by atomic mass is 10.1. The van der Waals surface area contributed by atoms with Crippen LogP contribution in [0.25, 0.3) is 0 Å². The second-order valence-electron chi connectivity index (χ2n) is 4.67. The molecule has 0 aliphatic carbocycles. The van der Waals surface area contributed by atoms with Crippen LogP contribution < -0.4 is 11.1 Å². The van der Waals surface area contributed by atoms with Crippen LogP contribution in [0.2, 0.25) is 0 Å². The molecule has 0 unspecified atom stereocenters. The maximum absolute atomic E-state index is 13.8. The maximum atomic E-state index is 13.8. The SMILES string of the molecule is Cc1ccc(N)c(C)c1NC(=O)c1c(F)cc(Br)cc1F. The van der Waals surface area contributed by atoms with Crippen molar-refractivity contribution in [2.45, 2.75) is 13.8 Å². The number of nitrogens with one attached hydrogen (secondary N) is 1. The monoisotopic (exact) mass is 354 g/mol. The number of halogens is 3. The first kappa shape index (κ1) is 15.4. The van der Waals surface area contributed by atoms with Crippen molar-refractivity contribution in [2.24, 2.45) is 0 Å². The van der Waals surface area contributed by atoms with Gasteiger partial charge >= 0.3 is 0 Å². The van der Waals surface area contributed by atoms with E-state index in [1.165, 1.54) is 0 Å². The largest absolute Gasteiger partial charge is 0.398 e. The normalized spacial score (nSPS) is 10.5. The van der Waals surface area contributed by atoms with Crippen LogP contribution in [0.5, 0.6) is 0 Å². The van der Waals surface area contributed by atoms with Crippen molar-refractivity contribution in [3.63, 3.8) is 0 Å². The third-order valence-electron chi connectivity index (χ3n) is 3.19. The summed E-state index contributed by atoms with van der Waals surface area (Å²) in [4.78, 5) is 12.1. The van der Waals surface area contributed by atoms with Crippen LogP contribution >= 0.6 is 15.9 Å². The zero-order valence-electron chi connectivity index (χ0n) is 11.4. The third kappa shape index (κ3) is 3.05. The van der Waals surface area contributed by atoms with E-state index in [1.807, 2.05) is 0 Å². The summed E-state index contributed by atoms with van der Waals surface area (Å²) in [7, 11) is 0. The van der Waals surface area contributed by atoms with Gasteiger partial charge in [0.05, 0.1) is 0 Å². The van der Waals surface area contributed by atoms with Crippen LogP contribution in [0.15, 0.2) is 28.7 Å². The minimum atomic E-state index is -0.932. The molecular formula is C15H13BrF2N2O. The molecule has 0 aliphatic heterocycles.